The van der Waals surface area contributed by atoms with Gasteiger partial charge in [0.2, 0.25) is 0 Å². The van der Waals surface area contributed by atoms with Crippen LogP contribution in [0.2, 0.25) is 0 Å². The molecule has 2 unspecified atom stereocenters. The molecule has 3 aliphatic rings. The number of nitrogens with zero attached hydrogens (tertiary/aromatic N) is 5. The van der Waals surface area contributed by atoms with Crippen LogP contribution in [0.3, 0.4) is 0 Å². The van der Waals surface area contributed by atoms with E-state index in [0.29, 0.717) is 29.9 Å². The highest BCUT2D eigenvalue weighted by atomic mass is 19.4. The molecule has 3 atom stereocenters. The summed E-state index contributed by atoms with van der Waals surface area (Å²) in [5, 5.41) is 11.8. The maximum atomic E-state index is 14.1. The molecule has 9 heteroatoms. The van der Waals surface area contributed by atoms with Gasteiger partial charge in [0.15, 0.2) is 0 Å². The summed E-state index contributed by atoms with van der Waals surface area (Å²) in [6, 6.07) is 9.37. The van der Waals surface area contributed by atoms with Crippen molar-refractivity contribution in [1.29, 1.82) is 0 Å². The Morgan fingerprint density at radius 1 is 1.11 bits per heavy atom. The maximum Gasteiger partial charge on any atom is 0.418 e. The highest BCUT2D eigenvalue weighted by Gasteiger charge is 2.69. The first-order valence-electron chi connectivity index (χ1n) is 13.7. The van der Waals surface area contributed by atoms with Gasteiger partial charge in [-0.15, -0.1) is 10.2 Å². The van der Waals surface area contributed by atoms with Gasteiger partial charge < -0.3 is 9.88 Å². The Kier molecular flexibility index (Phi) is 6.45. The predicted octanol–water partition coefficient (Wildman–Crippen LogP) is 5.79. The third-order valence-corrected chi connectivity index (χ3v) is 8.94. The number of aromatic nitrogens is 4. The minimum absolute atomic E-state index is 0.00312. The SMILES string of the molecule is C[C@H]1CCCN(Cc2cnc(CNc3cccc(C4(c5nncn5C)C5CCCC54)c3)c(C(F)(F)F)c2)C1. The number of halogens is 3. The van der Waals surface area contributed by atoms with Crippen molar-refractivity contribution in [2.45, 2.75) is 63.7 Å². The van der Waals surface area contributed by atoms with Crippen molar-refractivity contribution in [1.82, 2.24) is 24.6 Å². The first-order valence-corrected chi connectivity index (χ1v) is 13.7. The van der Waals surface area contributed by atoms with Gasteiger partial charge in [-0.3, -0.25) is 9.88 Å². The molecule has 6 rings (SSSR count). The zero-order valence-electron chi connectivity index (χ0n) is 22.0. The van der Waals surface area contributed by atoms with Crippen molar-refractivity contribution in [3.8, 4) is 0 Å². The molecule has 3 heterocycles. The lowest BCUT2D eigenvalue weighted by atomic mass is 9.86. The molecule has 3 aromatic rings. The topological polar surface area (TPSA) is 58.9 Å². The van der Waals surface area contributed by atoms with Gasteiger partial charge in [0, 0.05) is 32.0 Å². The minimum atomic E-state index is -4.46. The lowest BCUT2D eigenvalue weighted by molar-refractivity contribution is -0.138. The average Bonchev–Trinajstić information content (AvgIpc) is 3.21. The molecule has 2 aromatic heterocycles. The molecular formula is C29H35F3N6. The van der Waals surface area contributed by atoms with Gasteiger partial charge in [-0.05, 0) is 79.3 Å². The summed E-state index contributed by atoms with van der Waals surface area (Å²) in [5.74, 6) is 2.62. The zero-order chi connectivity index (χ0) is 26.5. The van der Waals surface area contributed by atoms with Crippen molar-refractivity contribution in [3.05, 3.63) is 71.1 Å². The van der Waals surface area contributed by atoms with E-state index in [0.717, 1.165) is 49.4 Å². The first kappa shape index (κ1) is 25.3. The van der Waals surface area contributed by atoms with Crippen molar-refractivity contribution >= 4 is 5.69 Å². The maximum absolute atomic E-state index is 14.1. The predicted molar refractivity (Wildman–Crippen MR) is 139 cm³/mol. The molecule has 38 heavy (non-hydrogen) atoms. The van der Waals surface area contributed by atoms with Crippen molar-refractivity contribution in [2.24, 2.45) is 24.8 Å². The number of piperidine rings is 1. The number of likely N-dealkylation sites (tertiary alicyclic amines) is 1. The van der Waals surface area contributed by atoms with E-state index in [1.54, 1.807) is 12.5 Å². The molecule has 2 saturated carbocycles. The Hall–Kier alpha value is -2.94. The number of alkyl halides is 3. The monoisotopic (exact) mass is 524 g/mol. The molecule has 1 aliphatic heterocycles. The summed E-state index contributed by atoms with van der Waals surface area (Å²) < 4.78 is 44.2. The van der Waals surface area contributed by atoms with Gasteiger partial charge in [0.25, 0.3) is 0 Å². The highest BCUT2D eigenvalue weighted by Crippen LogP contribution is 2.70. The molecule has 2 aliphatic carbocycles. The second-order valence-corrected chi connectivity index (χ2v) is 11.5. The number of benzene rings is 1. The molecule has 6 nitrogen and oxygen atoms in total. The van der Waals surface area contributed by atoms with E-state index in [-0.39, 0.29) is 17.7 Å². The fourth-order valence-electron chi connectivity index (χ4n) is 7.27. The number of hydrogen-bond donors (Lipinski definition) is 1. The van der Waals surface area contributed by atoms with E-state index >= 15 is 0 Å². The fraction of sp³-hybridized carbons (Fsp3) is 0.552. The number of pyridine rings is 1. The van der Waals surface area contributed by atoms with Crippen LogP contribution in [-0.4, -0.2) is 37.7 Å². The summed E-state index contributed by atoms with van der Waals surface area (Å²) in [6.07, 6.45) is 4.71. The van der Waals surface area contributed by atoms with Crippen LogP contribution in [0.5, 0.6) is 0 Å². The van der Waals surface area contributed by atoms with Crippen LogP contribution in [-0.2, 0) is 31.7 Å². The van der Waals surface area contributed by atoms with Crippen LogP contribution in [0.4, 0.5) is 18.9 Å². The number of hydrogen-bond acceptors (Lipinski definition) is 5. The average molecular weight is 525 g/mol. The zero-order valence-corrected chi connectivity index (χ0v) is 22.0. The Balaban J connectivity index is 1.22. The molecule has 1 saturated heterocycles. The van der Waals surface area contributed by atoms with Crippen LogP contribution in [0.1, 0.15) is 67.2 Å². The van der Waals surface area contributed by atoms with E-state index in [4.69, 9.17) is 0 Å². The van der Waals surface area contributed by atoms with Gasteiger partial charge >= 0.3 is 6.18 Å². The number of rotatable bonds is 7. The summed E-state index contributed by atoms with van der Waals surface area (Å²) >= 11 is 0. The molecule has 202 valence electrons. The van der Waals surface area contributed by atoms with E-state index in [1.165, 1.54) is 18.9 Å². The molecule has 0 spiro atoms. The third-order valence-electron chi connectivity index (χ3n) is 8.94. The Bertz CT molecular complexity index is 1290. The number of aryl methyl sites for hydroxylation is 1. The second kappa shape index (κ2) is 9.67. The van der Waals surface area contributed by atoms with Crippen LogP contribution in [0, 0.1) is 17.8 Å². The molecule has 3 fully saturated rings. The van der Waals surface area contributed by atoms with E-state index in [1.807, 2.05) is 23.7 Å². The summed E-state index contributed by atoms with van der Waals surface area (Å²) in [7, 11) is 1.98. The molecule has 1 aromatic carbocycles. The van der Waals surface area contributed by atoms with Gasteiger partial charge in [-0.1, -0.05) is 25.5 Å². The first-order chi connectivity index (χ1) is 18.3. The fourth-order valence-corrected chi connectivity index (χ4v) is 7.27. The lowest BCUT2D eigenvalue weighted by Gasteiger charge is -2.31. The van der Waals surface area contributed by atoms with Crippen molar-refractivity contribution in [2.75, 3.05) is 18.4 Å². The smallest absolute Gasteiger partial charge is 0.379 e. The van der Waals surface area contributed by atoms with Crippen LogP contribution in [0.25, 0.3) is 0 Å². The Morgan fingerprint density at radius 3 is 2.63 bits per heavy atom. The quantitative estimate of drug-likeness (QED) is 0.424. The summed E-state index contributed by atoms with van der Waals surface area (Å²) in [5.41, 5.74) is 1.76. The number of anilines is 1. The molecule has 0 bridgehead atoms. The molecule has 0 radical (unpaired) electrons. The Morgan fingerprint density at radius 2 is 1.92 bits per heavy atom. The largest absolute Gasteiger partial charge is 0.418 e. The standard InChI is InChI=1S/C29H35F3N6/c1-19-6-5-11-38(16-19)17-20-12-25(29(30,31)32)26(34-14-20)15-33-22-8-3-7-21(13-22)28(23-9-4-10-24(23)28)27-36-35-18-37(27)2/h3,7-8,12-14,18-19,23-24,33H,4-6,9-11,15-17H2,1-2H3/t19-,23?,24?,28?/m0/s1. The number of fused-ring (bicyclic) bond motifs is 1. The van der Waals surface area contributed by atoms with Gasteiger partial charge in [0.1, 0.15) is 12.2 Å². The minimum Gasteiger partial charge on any atom is -0.379 e. The van der Waals surface area contributed by atoms with Crippen LogP contribution < -0.4 is 5.32 Å². The Labute approximate surface area is 221 Å². The van der Waals surface area contributed by atoms with Crippen LogP contribution >= 0.6 is 0 Å². The van der Waals surface area contributed by atoms with Gasteiger partial charge in [0.05, 0.1) is 23.2 Å². The highest BCUT2D eigenvalue weighted by molar-refractivity contribution is 5.54. The molecular weight excluding hydrogens is 489 g/mol. The van der Waals surface area contributed by atoms with Crippen molar-refractivity contribution < 1.29 is 13.2 Å². The van der Waals surface area contributed by atoms with Gasteiger partial charge in [-0.2, -0.15) is 13.2 Å². The van der Waals surface area contributed by atoms with E-state index in [2.05, 4.69) is 44.5 Å². The lowest BCUT2D eigenvalue weighted by Crippen LogP contribution is -2.33. The third kappa shape index (κ3) is 4.48. The summed E-state index contributed by atoms with van der Waals surface area (Å²) in [4.78, 5) is 6.53. The van der Waals surface area contributed by atoms with Crippen LogP contribution in [0.15, 0.2) is 42.9 Å². The molecule has 1 N–H and O–H groups in total. The van der Waals surface area contributed by atoms with Gasteiger partial charge in [-0.25, -0.2) is 0 Å². The summed E-state index contributed by atoms with van der Waals surface area (Å²) in [6.45, 7) is 4.53. The number of nitrogens with one attached hydrogen (secondary N) is 1. The van der Waals surface area contributed by atoms with Crippen molar-refractivity contribution in [3.63, 3.8) is 0 Å². The normalized spacial score (nSPS) is 27.3. The van der Waals surface area contributed by atoms with E-state index < -0.39 is 11.7 Å². The van der Waals surface area contributed by atoms with E-state index in [9.17, 15) is 13.2 Å². The second-order valence-electron chi connectivity index (χ2n) is 11.5. The molecule has 0 amide bonds.